The molecule has 2 unspecified atom stereocenters. The van der Waals surface area contributed by atoms with Crippen molar-refractivity contribution in [3.8, 4) is 17.0 Å². The zero-order chi connectivity index (χ0) is 21.4. The fourth-order valence-corrected chi connectivity index (χ4v) is 3.90. The van der Waals surface area contributed by atoms with Crippen molar-refractivity contribution in [2.75, 3.05) is 25.6 Å². The zero-order valence-electron chi connectivity index (χ0n) is 17.6. The normalized spacial score (nSPS) is 20.6. The number of rotatable bonds is 6. The summed E-state index contributed by atoms with van der Waals surface area (Å²) in [5.74, 6) is 2.88. The van der Waals surface area contributed by atoms with Gasteiger partial charge in [0, 0.05) is 29.3 Å². The molecule has 8 nitrogen and oxygen atoms in total. The van der Waals surface area contributed by atoms with Gasteiger partial charge in [0.15, 0.2) is 0 Å². The lowest BCUT2D eigenvalue weighted by molar-refractivity contribution is 0.183. The van der Waals surface area contributed by atoms with Crippen molar-refractivity contribution < 1.29 is 9.47 Å². The lowest BCUT2D eigenvalue weighted by Gasteiger charge is -2.21. The van der Waals surface area contributed by atoms with Gasteiger partial charge in [0.1, 0.15) is 23.4 Å². The molecule has 2 atom stereocenters. The molecular formula is C23H25N5O3. The molecule has 1 aliphatic heterocycles. The minimum absolute atomic E-state index is 0.118. The number of aryl methyl sites for hydroxylation is 1. The monoisotopic (exact) mass is 419 g/mol. The summed E-state index contributed by atoms with van der Waals surface area (Å²) in [5, 5.41) is 8.12. The van der Waals surface area contributed by atoms with Crippen LogP contribution in [0.4, 0.5) is 5.82 Å². The highest BCUT2D eigenvalue weighted by Gasteiger charge is 2.33. The lowest BCUT2D eigenvalue weighted by atomic mass is 10.1. The lowest BCUT2D eigenvalue weighted by Crippen LogP contribution is -2.37. The average Bonchev–Trinajstić information content (AvgIpc) is 3.54. The summed E-state index contributed by atoms with van der Waals surface area (Å²) in [4.78, 5) is 21.9. The topological polar surface area (TPSA) is 91.2 Å². The standard InChI is InChI=1S/C23H25N5O3/c1-14-10-21(26-23(24-14)15-6-7-15)25-19-12-31-13-20(19)28-22(29)9-8-18(27-28)16-4-3-5-17(11-16)30-2/h3-5,8-11,15,19-20H,6-7,12-13H2,1-2H3,(H,24,25,26). The largest absolute Gasteiger partial charge is 0.497 e. The van der Waals surface area contributed by atoms with E-state index in [-0.39, 0.29) is 17.6 Å². The van der Waals surface area contributed by atoms with Crippen LogP contribution in [-0.2, 0) is 4.74 Å². The molecule has 2 aromatic heterocycles. The fraction of sp³-hybridized carbons (Fsp3) is 0.391. The molecule has 0 spiro atoms. The average molecular weight is 419 g/mol. The predicted octanol–water partition coefficient (Wildman–Crippen LogP) is 2.95. The van der Waals surface area contributed by atoms with Crippen molar-refractivity contribution >= 4 is 5.82 Å². The first-order valence-electron chi connectivity index (χ1n) is 10.5. The summed E-state index contributed by atoms with van der Waals surface area (Å²) in [5.41, 5.74) is 2.37. The summed E-state index contributed by atoms with van der Waals surface area (Å²) in [6.45, 7) is 2.86. The molecule has 1 N–H and O–H groups in total. The van der Waals surface area contributed by atoms with Crippen LogP contribution in [0.2, 0.25) is 0 Å². The molecule has 5 rings (SSSR count). The molecule has 0 bridgehead atoms. The maximum Gasteiger partial charge on any atom is 0.267 e. The third-order valence-electron chi connectivity index (χ3n) is 5.70. The van der Waals surface area contributed by atoms with Gasteiger partial charge in [-0.25, -0.2) is 14.6 Å². The van der Waals surface area contributed by atoms with Gasteiger partial charge in [0.25, 0.3) is 5.56 Å². The maximum atomic E-state index is 12.7. The van der Waals surface area contributed by atoms with E-state index in [1.807, 2.05) is 37.3 Å². The highest BCUT2D eigenvalue weighted by Crippen LogP contribution is 2.38. The maximum absolute atomic E-state index is 12.7. The Labute approximate surface area is 180 Å². The Morgan fingerprint density at radius 2 is 2.00 bits per heavy atom. The molecule has 31 heavy (non-hydrogen) atoms. The number of anilines is 1. The van der Waals surface area contributed by atoms with Gasteiger partial charge in [-0.05, 0) is 38.0 Å². The number of aromatic nitrogens is 4. The van der Waals surface area contributed by atoms with E-state index >= 15 is 0 Å². The van der Waals surface area contributed by atoms with Gasteiger partial charge in [0.05, 0.1) is 32.1 Å². The van der Waals surface area contributed by atoms with Crippen LogP contribution in [0.25, 0.3) is 11.3 Å². The van der Waals surface area contributed by atoms with Crippen molar-refractivity contribution in [2.24, 2.45) is 0 Å². The number of hydrogen-bond donors (Lipinski definition) is 1. The van der Waals surface area contributed by atoms with Crippen LogP contribution in [0.1, 0.15) is 36.3 Å². The van der Waals surface area contributed by atoms with Crippen LogP contribution < -0.4 is 15.6 Å². The number of benzene rings is 1. The van der Waals surface area contributed by atoms with Crippen LogP contribution >= 0.6 is 0 Å². The van der Waals surface area contributed by atoms with Crippen LogP contribution in [0.15, 0.2) is 47.3 Å². The van der Waals surface area contributed by atoms with E-state index in [2.05, 4.69) is 15.4 Å². The molecule has 2 aliphatic rings. The second kappa shape index (κ2) is 8.11. The van der Waals surface area contributed by atoms with Gasteiger partial charge in [-0.1, -0.05) is 12.1 Å². The summed E-state index contributed by atoms with van der Waals surface area (Å²) < 4.78 is 12.6. The van der Waals surface area contributed by atoms with Gasteiger partial charge >= 0.3 is 0 Å². The second-order valence-corrected chi connectivity index (χ2v) is 8.12. The number of methoxy groups -OCH3 is 1. The molecule has 0 radical (unpaired) electrons. The van der Waals surface area contributed by atoms with Crippen molar-refractivity contribution in [3.05, 3.63) is 64.3 Å². The molecule has 0 amide bonds. The van der Waals surface area contributed by atoms with Crippen LogP contribution in [0.3, 0.4) is 0 Å². The van der Waals surface area contributed by atoms with E-state index in [0.717, 1.165) is 41.5 Å². The first kappa shape index (κ1) is 19.7. The van der Waals surface area contributed by atoms with E-state index in [4.69, 9.17) is 14.5 Å². The van der Waals surface area contributed by atoms with Crippen LogP contribution in [0.5, 0.6) is 5.75 Å². The number of hydrogen-bond acceptors (Lipinski definition) is 7. The Balaban J connectivity index is 1.43. The first-order valence-corrected chi connectivity index (χ1v) is 10.5. The van der Waals surface area contributed by atoms with Gasteiger partial charge in [-0.3, -0.25) is 4.79 Å². The van der Waals surface area contributed by atoms with Gasteiger partial charge in [-0.2, -0.15) is 5.10 Å². The highest BCUT2D eigenvalue weighted by molar-refractivity contribution is 5.60. The van der Waals surface area contributed by atoms with Crippen molar-refractivity contribution in [2.45, 2.75) is 37.8 Å². The SMILES string of the molecule is COc1cccc(-c2ccc(=O)n(C3COCC3Nc3cc(C)nc(C4CC4)n3)n2)c1. The van der Waals surface area contributed by atoms with E-state index in [1.165, 1.54) is 4.68 Å². The number of ether oxygens (including phenoxy) is 2. The molecule has 160 valence electrons. The molecule has 1 saturated heterocycles. The van der Waals surface area contributed by atoms with Crippen molar-refractivity contribution in [1.29, 1.82) is 0 Å². The van der Waals surface area contributed by atoms with E-state index < -0.39 is 0 Å². The fourth-order valence-electron chi connectivity index (χ4n) is 3.90. The Hall–Kier alpha value is -3.26. The molecule has 1 aromatic carbocycles. The van der Waals surface area contributed by atoms with Crippen LogP contribution in [-0.4, -0.2) is 46.1 Å². The quantitative estimate of drug-likeness (QED) is 0.657. The minimum Gasteiger partial charge on any atom is -0.497 e. The van der Waals surface area contributed by atoms with E-state index in [0.29, 0.717) is 24.8 Å². The molecule has 2 fully saturated rings. The molecule has 3 aromatic rings. The summed E-state index contributed by atoms with van der Waals surface area (Å²) in [6, 6.07) is 12.5. The summed E-state index contributed by atoms with van der Waals surface area (Å²) >= 11 is 0. The number of nitrogens with one attached hydrogen (secondary N) is 1. The third-order valence-corrected chi connectivity index (χ3v) is 5.70. The highest BCUT2D eigenvalue weighted by atomic mass is 16.5. The second-order valence-electron chi connectivity index (χ2n) is 8.12. The zero-order valence-corrected chi connectivity index (χ0v) is 17.6. The summed E-state index contributed by atoms with van der Waals surface area (Å²) in [7, 11) is 1.63. The first-order chi connectivity index (χ1) is 15.1. The Bertz CT molecular complexity index is 1160. The minimum atomic E-state index is -0.238. The molecule has 1 saturated carbocycles. The predicted molar refractivity (Wildman–Crippen MR) is 116 cm³/mol. The Morgan fingerprint density at radius 1 is 1.13 bits per heavy atom. The van der Waals surface area contributed by atoms with Gasteiger partial charge in [0.2, 0.25) is 0 Å². The molecule has 1 aliphatic carbocycles. The molecule has 8 heteroatoms. The van der Waals surface area contributed by atoms with E-state index in [9.17, 15) is 4.79 Å². The molecular weight excluding hydrogens is 394 g/mol. The Kier molecular flexibility index (Phi) is 5.15. The van der Waals surface area contributed by atoms with Crippen LogP contribution in [0, 0.1) is 6.92 Å². The van der Waals surface area contributed by atoms with Crippen molar-refractivity contribution in [3.63, 3.8) is 0 Å². The van der Waals surface area contributed by atoms with Gasteiger partial charge < -0.3 is 14.8 Å². The Morgan fingerprint density at radius 3 is 2.81 bits per heavy atom. The van der Waals surface area contributed by atoms with Crippen molar-refractivity contribution in [1.82, 2.24) is 19.7 Å². The van der Waals surface area contributed by atoms with Gasteiger partial charge in [-0.15, -0.1) is 0 Å². The number of nitrogens with zero attached hydrogens (tertiary/aromatic N) is 4. The smallest absolute Gasteiger partial charge is 0.267 e. The third kappa shape index (κ3) is 4.16. The summed E-state index contributed by atoms with van der Waals surface area (Å²) in [6.07, 6.45) is 2.29. The molecule has 3 heterocycles. The van der Waals surface area contributed by atoms with E-state index in [1.54, 1.807) is 19.2 Å².